The first-order valence-electron chi connectivity index (χ1n) is 8.07. The Hall–Kier alpha value is -1.65. The van der Waals surface area contributed by atoms with Crippen LogP contribution in [0.2, 0.25) is 0 Å². The van der Waals surface area contributed by atoms with Crippen LogP contribution in [0.15, 0.2) is 47.8 Å². The topological polar surface area (TPSA) is 32.3 Å². The molecule has 0 spiro atoms. The van der Waals surface area contributed by atoms with Gasteiger partial charge in [-0.2, -0.15) is 0 Å². The minimum atomic E-state index is 0.0716. The largest absolute Gasteiger partial charge is 0.347 e. The Balaban J connectivity index is 1.95. The molecule has 23 heavy (non-hydrogen) atoms. The van der Waals surface area contributed by atoms with Crippen LogP contribution < -0.4 is 5.32 Å². The van der Waals surface area contributed by atoms with Crippen LogP contribution in [0.4, 0.5) is 0 Å². The number of benzene rings is 1. The Labute approximate surface area is 143 Å². The summed E-state index contributed by atoms with van der Waals surface area (Å²) in [7, 11) is 1.99. The van der Waals surface area contributed by atoms with Gasteiger partial charge in [0.2, 0.25) is 5.91 Å². The van der Waals surface area contributed by atoms with E-state index in [1.165, 1.54) is 10.4 Å². The number of nitrogens with one attached hydrogen (secondary N) is 1. The smallest absolute Gasteiger partial charge is 0.234 e. The highest BCUT2D eigenvalue weighted by atomic mass is 32.1. The van der Waals surface area contributed by atoms with Crippen LogP contribution in [0.5, 0.6) is 0 Å². The molecule has 0 saturated carbocycles. The average Bonchev–Trinajstić information content (AvgIpc) is 3.06. The summed E-state index contributed by atoms with van der Waals surface area (Å²) in [4.78, 5) is 15.7. The first-order valence-corrected chi connectivity index (χ1v) is 8.95. The minimum absolute atomic E-state index is 0.0716. The predicted molar refractivity (Wildman–Crippen MR) is 97.5 cm³/mol. The molecule has 0 aliphatic heterocycles. The zero-order valence-electron chi connectivity index (χ0n) is 14.3. The lowest BCUT2D eigenvalue weighted by Crippen LogP contribution is -2.39. The number of likely N-dealkylation sites (N-methyl/N-ethyl adjacent to an activating group) is 1. The maximum Gasteiger partial charge on any atom is 0.234 e. The summed E-state index contributed by atoms with van der Waals surface area (Å²) in [6, 6.07) is 14.7. The van der Waals surface area contributed by atoms with Crippen LogP contribution >= 0.6 is 11.3 Å². The lowest BCUT2D eigenvalue weighted by atomic mass is 10.0. The Morgan fingerprint density at radius 2 is 1.83 bits per heavy atom. The fourth-order valence-corrected chi connectivity index (χ4v) is 3.55. The van der Waals surface area contributed by atoms with Crippen LogP contribution in [-0.2, 0) is 4.79 Å². The van der Waals surface area contributed by atoms with E-state index in [4.69, 9.17) is 0 Å². The van der Waals surface area contributed by atoms with Crippen molar-refractivity contribution in [3.8, 4) is 0 Å². The van der Waals surface area contributed by atoms with Crippen molar-refractivity contribution in [3.05, 3.63) is 58.3 Å². The lowest BCUT2D eigenvalue weighted by molar-refractivity contribution is -0.123. The molecule has 0 fully saturated rings. The molecule has 0 unspecified atom stereocenters. The molecule has 0 saturated heterocycles. The van der Waals surface area contributed by atoms with Crippen molar-refractivity contribution in [2.75, 3.05) is 13.6 Å². The number of hydrogen-bond donors (Lipinski definition) is 1. The zero-order chi connectivity index (χ0) is 16.8. The van der Waals surface area contributed by atoms with Crippen LogP contribution in [0.1, 0.15) is 43.3 Å². The Morgan fingerprint density at radius 3 is 2.39 bits per heavy atom. The van der Waals surface area contributed by atoms with E-state index < -0.39 is 0 Å². The summed E-state index contributed by atoms with van der Waals surface area (Å²) in [5.74, 6) is 0.442. The molecule has 0 bridgehead atoms. The standard InChI is InChI=1S/C19H26N2OS/c1-14(2)19(17-11-8-12-23-17)20-18(22)13-21(4)15(3)16-9-6-5-7-10-16/h5-12,14-15,19H,13H2,1-4H3,(H,20,22)/t15-,19+/m0/s1. The van der Waals surface area contributed by atoms with E-state index in [2.05, 4.69) is 54.6 Å². The van der Waals surface area contributed by atoms with Crippen molar-refractivity contribution in [2.45, 2.75) is 32.9 Å². The highest BCUT2D eigenvalue weighted by Crippen LogP contribution is 2.26. The summed E-state index contributed by atoms with van der Waals surface area (Å²) in [5.41, 5.74) is 1.22. The number of nitrogens with zero attached hydrogens (tertiary/aromatic N) is 1. The summed E-state index contributed by atoms with van der Waals surface area (Å²) in [6.07, 6.45) is 0. The number of hydrogen-bond acceptors (Lipinski definition) is 3. The molecule has 1 aromatic carbocycles. The maximum absolute atomic E-state index is 12.5. The molecule has 2 aromatic rings. The highest BCUT2D eigenvalue weighted by Gasteiger charge is 2.21. The number of amides is 1. The molecular weight excluding hydrogens is 304 g/mol. The third-order valence-corrected chi connectivity index (χ3v) is 5.12. The molecule has 124 valence electrons. The number of carbonyl (C=O) groups excluding carboxylic acids is 1. The molecule has 4 heteroatoms. The van der Waals surface area contributed by atoms with Gasteiger partial charge in [-0.05, 0) is 36.9 Å². The van der Waals surface area contributed by atoms with Gasteiger partial charge in [-0.3, -0.25) is 9.69 Å². The van der Waals surface area contributed by atoms with Crippen LogP contribution in [-0.4, -0.2) is 24.4 Å². The lowest BCUT2D eigenvalue weighted by Gasteiger charge is -2.27. The van der Waals surface area contributed by atoms with Crippen molar-refractivity contribution in [1.82, 2.24) is 10.2 Å². The van der Waals surface area contributed by atoms with Gasteiger partial charge in [0.05, 0.1) is 12.6 Å². The van der Waals surface area contributed by atoms with E-state index >= 15 is 0 Å². The van der Waals surface area contributed by atoms with Gasteiger partial charge in [0.15, 0.2) is 0 Å². The molecule has 1 N–H and O–H groups in total. The third kappa shape index (κ3) is 4.91. The summed E-state index contributed by atoms with van der Waals surface area (Å²) in [6.45, 7) is 6.80. The second-order valence-electron chi connectivity index (χ2n) is 6.31. The minimum Gasteiger partial charge on any atom is -0.347 e. The summed E-state index contributed by atoms with van der Waals surface area (Å²) >= 11 is 1.70. The van der Waals surface area contributed by atoms with Gasteiger partial charge in [-0.1, -0.05) is 50.2 Å². The van der Waals surface area contributed by atoms with Gasteiger partial charge in [0.25, 0.3) is 0 Å². The van der Waals surface area contributed by atoms with E-state index in [9.17, 15) is 4.79 Å². The molecule has 0 aliphatic rings. The second kappa shape index (κ2) is 8.27. The van der Waals surface area contributed by atoms with Gasteiger partial charge < -0.3 is 5.32 Å². The molecular formula is C19H26N2OS. The molecule has 0 aliphatic carbocycles. The molecule has 1 amide bonds. The SMILES string of the molecule is CC(C)[C@@H](NC(=O)CN(C)[C@@H](C)c1ccccc1)c1cccs1. The first kappa shape index (κ1) is 17.7. The number of thiophene rings is 1. The van der Waals surface area contributed by atoms with E-state index in [1.807, 2.05) is 31.3 Å². The van der Waals surface area contributed by atoms with Gasteiger partial charge >= 0.3 is 0 Å². The fourth-order valence-electron chi connectivity index (χ4n) is 2.60. The quantitative estimate of drug-likeness (QED) is 0.823. The van der Waals surface area contributed by atoms with E-state index in [1.54, 1.807) is 11.3 Å². The van der Waals surface area contributed by atoms with Crippen LogP contribution in [0.25, 0.3) is 0 Å². The normalized spacial score (nSPS) is 14.0. The van der Waals surface area contributed by atoms with Gasteiger partial charge in [-0.15, -0.1) is 11.3 Å². The number of rotatable bonds is 7. The van der Waals surface area contributed by atoms with Crippen molar-refractivity contribution < 1.29 is 4.79 Å². The average molecular weight is 330 g/mol. The van der Waals surface area contributed by atoms with Crippen molar-refractivity contribution >= 4 is 17.2 Å². The Morgan fingerprint density at radius 1 is 1.13 bits per heavy atom. The second-order valence-corrected chi connectivity index (χ2v) is 7.29. The zero-order valence-corrected chi connectivity index (χ0v) is 15.1. The fraction of sp³-hybridized carbons (Fsp3) is 0.421. The van der Waals surface area contributed by atoms with Gasteiger partial charge in [0, 0.05) is 10.9 Å². The molecule has 2 atom stereocenters. The maximum atomic E-state index is 12.5. The van der Waals surface area contributed by atoms with E-state index in [0.717, 1.165) is 0 Å². The Bertz CT molecular complexity index is 595. The van der Waals surface area contributed by atoms with Crippen molar-refractivity contribution in [2.24, 2.45) is 5.92 Å². The van der Waals surface area contributed by atoms with E-state index in [0.29, 0.717) is 12.5 Å². The van der Waals surface area contributed by atoms with Gasteiger partial charge in [-0.25, -0.2) is 0 Å². The molecule has 0 radical (unpaired) electrons. The predicted octanol–water partition coefficient (Wildman–Crippen LogP) is 4.25. The molecule has 1 heterocycles. The Kier molecular flexibility index (Phi) is 6.37. The van der Waals surface area contributed by atoms with Crippen LogP contribution in [0.3, 0.4) is 0 Å². The highest BCUT2D eigenvalue weighted by molar-refractivity contribution is 7.10. The third-order valence-electron chi connectivity index (χ3n) is 4.17. The van der Waals surface area contributed by atoms with E-state index in [-0.39, 0.29) is 18.0 Å². The van der Waals surface area contributed by atoms with Gasteiger partial charge in [0.1, 0.15) is 0 Å². The monoisotopic (exact) mass is 330 g/mol. The molecule has 1 aromatic heterocycles. The van der Waals surface area contributed by atoms with Crippen molar-refractivity contribution in [1.29, 1.82) is 0 Å². The van der Waals surface area contributed by atoms with Crippen LogP contribution in [0, 0.1) is 5.92 Å². The first-order chi connectivity index (χ1) is 11.0. The number of carbonyl (C=O) groups is 1. The summed E-state index contributed by atoms with van der Waals surface area (Å²) in [5, 5.41) is 5.24. The van der Waals surface area contributed by atoms with Crippen molar-refractivity contribution in [3.63, 3.8) is 0 Å². The molecule has 3 nitrogen and oxygen atoms in total. The molecule has 2 rings (SSSR count). The summed E-state index contributed by atoms with van der Waals surface area (Å²) < 4.78 is 0.